The lowest BCUT2D eigenvalue weighted by atomic mass is 10.1. The monoisotopic (exact) mass is 175 g/mol. The number of carbonyl (C=O) groups is 1. The van der Waals surface area contributed by atoms with Crippen molar-refractivity contribution >= 4 is 17.7 Å². The molecule has 0 amide bonds. The van der Waals surface area contributed by atoms with Gasteiger partial charge >= 0.3 is 0 Å². The van der Waals surface area contributed by atoms with Crippen LogP contribution in [0.25, 0.3) is 0 Å². The van der Waals surface area contributed by atoms with Gasteiger partial charge in [-0.1, -0.05) is 18.9 Å². The van der Waals surface area contributed by atoms with Crippen molar-refractivity contribution < 1.29 is 4.79 Å². The molecule has 0 atom stereocenters. The van der Waals surface area contributed by atoms with Gasteiger partial charge in [-0.15, -0.1) is 0 Å². The summed E-state index contributed by atoms with van der Waals surface area (Å²) >= 11 is 1.51. The second-order valence-corrected chi connectivity index (χ2v) is 4.58. The van der Waals surface area contributed by atoms with E-state index in [0.717, 1.165) is 13.0 Å². The first-order valence-electron chi connectivity index (χ1n) is 3.92. The Morgan fingerprint density at radius 3 is 2.45 bits per heavy atom. The largest absolute Gasteiger partial charge is 0.298 e. The highest BCUT2D eigenvalue weighted by molar-refractivity contribution is 7.99. The molecule has 0 spiro atoms. The van der Waals surface area contributed by atoms with Crippen LogP contribution in [-0.2, 0) is 4.79 Å². The van der Waals surface area contributed by atoms with Crippen molar-refractivity contribution in [3.63, 3.8) is 0 Å². The molecule has 0 rings (SSSR count). The number of hydrogen-bond acceptors (Lipinski definition) is 3. The fourth-order valence-corrected chi connectivity index (χ4v) is 1.22. The highest BCUT2D eigenvalue weighted by Crippen LogP contribution is 2.21. The van der Waals surface area contributed by atoms with Gasteiger partial charge in [0.15, 0.2) is 0 Å². The first kappa shape index (κ1) is 11.0. The summed E-state index contributed by atoms with van der Waals surface area (Å²) < 4.78 is 2.87. The van der Waals surface area contributed by atoms with Gasteiger partial charge in [-0.05, 0) is 27.2 Å². The maximum Gasteiger partial charge on any atom is 0.146 e. The lowest BCUT2D eigenvalue weighted by Crippen LogP contribution is -2.29. The van der Waals surface area contributed by atoms with Crippen LogP contribution in [0.3, 0.4) is 0 Å². The first-order valence-corrected chi connectivity index (χ1v) is 4.74. The fourth-order valence-electron chi connectivity index (χ4n) is 0.405. The molecule has 0 aliphatic heterocycles. The Labute approximate surface area is 73.3 Å². The third-order valence-electron chi connectivity index (χ3n) is 1.53. The lowest BCUT2D eigenvalue weighted by Gasteiger charge is -2.19. The van der Waals surface area contributed by atoms with E-state index in [1.807, 2.05) is 13.8 Å². The molecule has 0 aromatic heterocycles. The number of Topliss-reactive ketones (excluding diaryl/α,β-unsaturated/α-hetero) is 1. The molecule has 0 saturated heterocycles. The van der Waals surface area contributed by atoms with Gasteiger partial charge in [-0.2, -0.15) is 0 Å². The smallest absolute Gasteiger partial charge is 0.146 e. The van der Waals surface area contributed by atoms with Crippen LogP contribution in [-0.4, -0.2) is 17.1 Å². The molecule has 0 aromatic carbocycles. The fraction of sp³-hybridized carbons (Fsp3) is 0.875. The molecular formula is C8H17NOS. The molecule has 2 nitrogen and oxygen atoms in total. The molecule has 66 valence electrons. The number of nitrogens with one attached hydrogen (secondary N) is 1. The van der Waals surface area contributed by atoms with Crippen molar-refractivity contribution in [3.8, 4) is 0 Å². The number of rotatable bonds is 5. The van der Waals surface area contributed by atoms with Crippen LogP contribution in [0, 0.1) is 0 Å². The van der Waals surface area contributed by atoms with Gasteiger partial charge in [0.05, 0.1) is 4.75 Å². The summed E-state index contributed by atoms with van der Waals surface area (Å²) in [5, 5.41) is 0. The second-order valence-electron chi connectivity index (χ2n) is 3.06. The summed E-state index contributed by atoms with van der Waals surface area (Å²) in [6, 6.07) is 0. The van der Waals surface area contributed by atoms with Crippen LogP contribution in [0.1, 0.15) is 34.1 Å². The van der Waals surface area contributed by atoms with Gasteiger partial charge in [0.1, 0.15) is 5.78 Å². The minimum atomic E-state index is -0.283. The molecule has 1 N–H and O–H groups in total. The molecule has 3 heteroatoms. The predicted molar refractivity (Wildman–Crippen MR) is 50.6 cm³/mol. The third-order valence-corrected chi connectivity index (χ3v) is 2.67. The van der Waals surface area contributed by atoms with Crippen molar-refractivity contribution in [2.24, 2.45) is 0 Å². The van der Waals surface area contributed by atoms with Crippen LogP contribution < -0.4 is 4.72 Å². The highest BCUT2D eigenvalue weighted by atomic mass is 32.2. The topological polar surface area (TPSA) is 29.1 Å². The van der Waals surface area contributed by atoms with E-state index in [4.69, 9.17) is 0 Å². The molecule has 0 unspecified atom stereocenters. The van der Waals surface area contributed by atoms with E-state index in [1.54, 1.807) is 6.92 Å². The number of ketones is 1. The van der Waals surface area contributed by atoms with E-state index in [-0.39, 0.29) is 10.5 Å². The number of hydrogen-bond donors (Lipinski definition) is 1. The summed E-state index contributed by atoms with van der Waals surface area (Å²) in [6.07, 6.45) is 1.10. The Kier molecular flexibility index (Phi) is 4.77. The SMILES string of the molecule is CCCNSC(C)(C)C(C)=O. The minimum Gasteiger partial charge on any atom is -0.298 e. The molecule has 11 heavy (non-hydrogen) atoms. The molecule has 0 heterocycles. The average Bonchev–Trinajstić information content (AvgIpc) is 1.88. The van der Waals surface area contributed by atoms with Crippen LogP contribution >= 0.6 is 11.9 Å². The molecule has 0 radical (unpaired) electrons. The molecule has 0 saturated carbocycles. The van der Waals surface area contributed by atoms with Gasteiger partial charge in [-0.3, -0.25) is 9.52 Å². The average molecular weight is 175 g/mol. The number of carbonyl (C=O) groups excluding carboxylic acids is 1. The van der Waals surface area contributed by atoms with Crippen LogP contribution in [0.5, 0.6) is 0 Å². The van der Waals surface area contributed by atoms with E-state index < -0.39 is 0 Å². The van der Waals surface area contributed by atoms with E-state index in [0.29, 0.717) is 0 Å². The Balaban J connectivity index is 3.64. The first-order chi connectivity index (χ1) is 5.00. The van der Waals surface area contributed by atoms with Crippen molar-refractivity contribution in [3.05, 3.63) is 0 Å². The quantitative estimate of drug-likeness (QED) is 0.512. The summed E-state index contributed by atoms with van der Waals surface area (Å²) in [6.45, 7) is 8.56. The van der Waals surface area contributed by atoms with Crippen LogP contribution in [0.2, 0.25) is 0 Å². The summed E-state index contributed by atoms with van der Waals surface area (Å²) in [4.78, 5) is 11.0. The second kappa shape index (κ2) is 4.78. The van der Waals surface area contributed by atoms with E-state index in [2.05, 4.69) is 11.6 Å². The van der Waals surface area contributed by atoms with Crippen LogP contribution in [0.4, 0.5) is 0 Å². The molecule has 0 aromatic rings. The molecule has 0 aliphatic carbocycles. The lowest BCUT2D eigenvalue weighted by molar-refractivity contribution is -0.118. The van der Waals surface area contributed by atoms with E-state index in [9.17, 15) is 4.79 Å². The zero-order valence-corrected chi connectivity index (χ0v) is 8.55. The maximum atomic E-state index is 11.0. The molecular weight excluding hydrogens is 158 g/mol. The van der Waals surface area contributed by atoms with Gasteiger partial charge in [0.2, 0.25) is 0 Å². The Morgan fingerprint density at radius 1 is 1.55 bits per heavy atom. The maximum absolute atomic E-state index is 11.0. The zero-order valence-electron chi connectivity index (χ0n) is 7.73. The Morgan fingerprint density at radius 2 is 2.09 bits per heavy atom. The van der Waals surface area contributed by atoms with Crippen LogP contribution in [0.15, 0.2) is 0 Å². The van der Waals surface area contributed by atoms with Gasteiger partial charge in [0.25, 0.3) is 0 Å². The highest BCUT2D eigenvalue weighted by Gasteiger charge is 2.23. The van der Waals surface area contributed by atoms with Crippen molar-refractivity contribution in [1.82, 2.24) is 4.72 Å². The summed E-state index contributed by atoms with van der Waals surface area (Å²) in [7, 11) is 0. The van der Waals surface area contributed by atoms with Gasteiger partial charge in [0, 0.05) is 6.54 Å². The molecule has 0 bridgehead atoms. The Hall–Kier alpha value is -0.0200. The predicted octanol–water partition coefficient (Wildman–Crippen LogP) is 2.00. The minimum absolute atomic E-state index is 0.214. The molecule has 0 aliphatic rings. The van der Waals surface area contributed by atoms with Gasteiger partial charge in [-0.25, -0.2) is 0 Å². The summed E-state index contributed by atoms with van der Waals surface area (Å²) in [5.41, 5.74) is 0. The normalized spacial score (nSPS) is 11.6. The summed E-state index contributed by atoms with van der Waals surface area (Å²) in [5.74, 6) is 0.214. The van der Waals surface area contributed by atoms with E-state index in [1.165, 1.54) is 11.9 Å². The Bertz CT molecular complexity index is 134. The van der Waals surface area contributed by atoms with Gasteiger partial charge < -0.3 is 0 Å². The third kappa shape index (κ3) is 4.43. The van der Waals surface area contributed by atoms with Crippen molar-refractivity contribution in [1.29, 1.82) is 0 Å². The van der Waals surface area contributed by atoms with E-state index >= 15 is 0 Å². The van der Waals surface area contributed by atoms with Crippen molar-refractivity contribution in [2.45, 2.75) is 38.9 Å². The standard InChI is InChI=1S/C8H17NOS/c1-5-6-9-11-8(3,4)7(2)10/h9H,5-6H2,1-4H3. The van der Waals surface area contributed by atoms with Crippen molar-refractivity contribution in [2.75, 3.05) is 6.54 Å². The zero-order chi connectivity index (χ0) is 8.91. The molecule has 0 fully saturated rings.